The zero-order chi connectivity index (χ0) is 16.5. The second-order valence-electron chi connectivity index (χ2n) is 5.21. The van der Waals surface area contributed by atoms with Crippen molar-refractivity contribution >= 4 is 17.7 Å². The summed E-state index contributed by atoms with van der Waals surface area (Å²) in [6, 6.07) is 8.14. The van der Waals surface area contributed by atoms with Crippen molar-refractivity contribution in [1.82, 2.24) is 15.6 Å². The zero-order valence-electron chi connectivity index (χ0n) is 13.9. The Morgan fingerprint density at radius 2 is 2.04 bits per heavy atom. The predicted octanol–water partition coefficient (Wildman–Crippen LogP) is 3.07. The van der Waals surface area contributed by atoms with Crippen molar-refractivity contribution in [2.75, 3.05) is 25.6 Å². The van der Waals surface area contributed by atoms with E-state index in [0.29, 0.717) is 12.4 Å². The van der Waals surface area contributed by atoms with Gasteiger partial charge < -0.3 is 15.1 Å². The lowest BCUT2D eigenvalue weighted by atomic mass is 10.1. The lowest BCUT2D eigenvalue weighted by Crippen LogP contribution is -2.37. The van der Waals surface area contributed by atoms with Gasteiger partial charge in [-0.2, -0.15) is 11.8 Å². The molecule has 0 unspecified atom stereocenters. The summed E-state index contributed by atoms with van der Waals surface area (Å²) < 4.78 is 5.56. The molecule has 1 heterocycles. The van der Waals surface area contributed by atoms with E-state index in [1.54, 1.807) is 13.3 Å². The highest BCUT2D eigenvalue weighted by molar-refractivity contribution is 7.98. The molecule has 1 aromatic carbocycles. The van der Waals surface area contributed by atoms with E-state index in [4.69, 9.17) is 4.42 Å². The molecule has 6 heteroatoms. The normalized spacial score (nSPS) is 11.5. The average molecular weight is 332 g/mol. The van der Waals surface area contributed by atoms with Gasteiger partial charge in [-0.05, 0) is 37.5 Å². The van der Waals surface area contributed by atoms with E-state index in [9.17, 15) is 0 Å². The van der Waals surface area contributed by atoms with Gasteiger partial charge >= 0.3 is 0 Å². The number of guanidine groups is 1. The van der Waals surface area contributed by atoms with Crippen molar-refractivity contribution in [3.8, 4) is 11.5 Å². The van der Waals surface area contributed by atoms with Crippen LogP contribution in [0.2, 0.25) is 0 Å². The number of benzene rings is 1. The van der Waals surface area contributed by atoms with Crippen LogP contribution >= 0.6 is 11.8 Å². The maximum atomic E-state index is 5.56. The quantitative estimate of drug-likeness (QED) is 0.463. The third-order valence-electron chi connectivity index (χ3n) is 3.33. The van der Waals surface area contributed by atoms with E-state index >= 15 is 0 Å². The maximum Gasteiger partial charge on any atom is 0.226 e. The Morgan fingerprint density at radius 1 is 1.26 bits per heavy atom. The highest BCUT2D eigenvalue weighted by Gasteiger charge is 2.07. The molecule has 5 nitrogen and oxygen atoms in total. The van der Waals surface area contributed by atoms with Crippen LogP contribution in [0.3, 0.4) is 0 Å². The van der Waals surface area contributed by atoms with Gasteiger partial charge in [-0.3, -0.25) is 4.99 Å². The van der Waals surface area contributed by atoms with E-state index in [1.165, 1.54) is 5.56 Å². The van der Waals surface area contributed by atoms with Gasteiger partial charge in [0.25, 0.3) is 0 Å². The first-order valence-electron chi connectivity index (χ1n) is 7.68. The van der Waals surface area contributed by atoms with Crippen LogP contribution in [0.4, 0.5) is 0 Å². The van der Waals surface area contributed by atoms with Crippen LogP contribution in [0.5, 0.6) is 0 Å². The van der Waals surface area contributed by atoms with Gasteiger partial charge in [0, 0.05) is 19.2 Å². The van der Waals surface area contributed by atoms with Crippen LogP contribution in [0, 0.1) is 6.92 Å². The molecule has 0 bridgehead atoms. The Labute approximate surface area is 142 Å². The van der Waals surface area contributed by atoms with E-state index in [1.807, 2.05) is 23.9 Å². The van der Waals surface area contributed by atoms with Crippen LogP contribution in [-0.2, 0) is 6.54 Å². The molecule has 124 valence electrons. The van der Waals surface area contributed by atoms with Gasteiger partial charge in [0.15, 0.2) is 5.96 Å². The molecule has 0 fully saturated rings. The minimum atomic E-state index is 0.581. The highest BCUT2D eigenvalue weighted by atomic mass is 32.2. The van der Waals surface area contributed by atoms with Crippen LogP contribution < -0.4 is 10.6 Å². The number of thioether (sulfide) groups is 1. The monoisotopic (exact) mass is 332 g/mol. The maximum absolute atomic E-state index is 5.56. The van der Waals surface area contributed by atoms with Gasteiger partial charge in [0.2, 0.25) is 5.89 Å². The van der Waals surface area contributed by atoms with Gasteiger partial charge in [0.05, 0.1) is 12.2 Å². The van der Waals surface area contributed by atoms with E-state index < -0.39 is 0 Å². The van der Waals surface area contributed by atoms with Crippen LogP contribution in [0.15, 0.2) is 39.9 Å². The van der Waals surface area contributed by atoms with Crippen molar-refractivity contribution in [3.63, 3.8) is 0 Å². The molecule has 0 spiro atoms. The number of nitrogens with zero attached hydrogens (tertiary/aromatic N) is 2. The smallest absolute Gasteiger partial charge is 0.226 e. The topological polar surface area (TPSA) is 62.5 Å². The fourth-order valence-electron chi connectivity index (χ4n) is 2.04. The number of hydrogen-bond donors (Lipinski definition) is 2. The molecule has 2 rings (SSSR count). The fourth-order valence-corrected chi connectivity index (χ4v) is 2.47. The van der Waals surface area contributed by atoms with Crippen molar-refractivity contribution in [2.24, 2.45) is 4.99 Å². The van der Waals surface area contributed by atoms with Crippen molar-refractivity contribution in [2.45, 2.75) is 19.9 Å². The molecule has 0 radical (unpaired) electrons. The largest absolute Gasteiger partial charge is 0.444 e. The number of oxazole rings is 1. The van der Waals surface area contributed by atoms with Crippen molar-refractivity contribution in [1.29, 1.82) is 0 Å². The summed E-state index contributed by atoms with van der Waals surface area (Å²) in [5.41, 5.74) is 3.06. The summed E-state index contributed by atoms with van der Waals surface area (Å²) in [6.07, 6.45) is 4.91. The number of aryl methyl sites for hydroxylation is 1. The molecule has 0 saturated carbocycles. The Kier molecular flexibility index (Phi) is 7.00. The number of aromatic nitrogens is 1. The lowest BCUT2D eigenvalue weighted by molar-refractivity contribution is 0.572. The lowest BCUT2D eigenvalue weighted by Gasteiger charge is -2.10. The Morgan fingerprint density at radius 3 is 2.74 bits per heavy atom. The number of rotatable bonds is 7. The van der Waals surface area contributed by atoms with E-state index in [-0.39, 0.29) is 0 Å². The molecular formula is C17H24N4OS. The SMILES string of the molecule is CN=C(NCCCSC)NCc1coc(-c2ccc(C)cc2)n1. The molecule has 0 aliphatic carbocycles. The van der Waals surface area contributed by atoms with Gasteiger partial charge in [0.1, 0.15) is 6.26 Å². The Bertz CT molecular complexity index is 622. The van der Waals surface area contributed by atoms with Gasteiger partial charge in [-0.25, -0.2) is 4.98 Å². The summed E-state index contributed by atoms with van der Waals surface area (Å²) in [6.45, 7) is 3.55. The second kappa shape index (κ2) is 9.25. The minimum Gasteiger partial charge on any atom is -0.444 e. The highest BCUT2D eigenvalue weighted by Crippen LogP contribution is 2.18. The Balaban J connectivity index is 1.85. The molecular weight excluding hydrogens is 308 g/mol. The summed E-state index contributed by atoms with van der Waals surface area (Å²) in [5, 5.41) is 6.53. The first-order valence-corrected chi connectivity index (χ1v) is 9.07. The third-order valence-corrected chi connectivity index (χ3v) is 4.03. The minimum absolute atomic E-state index is 0.581. The standard InChI is InChI=1S/C17H24N4OS/c1-13-5-7-14(8-6-13)16-21-15(12-22-16)11-20-17(18-2)19-9-4-10-23-3/h5-8,12H,4,9-11H2,1-3H3,(H2,18,19,20). The van der Waals surface area contributed by atoms with Gasteiger partial charge in [-0.15, -0.1) is 0 Å². The summed E-state index contributed by atoms with van der Waals surface area (Å²) >= 11 is 1.85. The molecule has 23 heavy (non-hydrogen) atoms. The molecule has 2 aromatic rings. The number of nitrogens with one attached hydrogen (secondary N) is 2. The van der Waals surface area contributed by atoms with E-state index in [2.05, 4.69) is 45.9 Å². The number of aliphatic imine (C=N–C) groups is 1. The summed E-state index contributed by atoms with van der Waals surface area (Å²) in [7, 11) is 1.77. The molecule has 0 aliphatic heterocycles. The molecule has 0 saturated heterocycles. The first kappa shape index (κ1) is 17.4. The number of hydrogen-bond acceptors (Lipinski definition) is 4. The third kappa shape index (κ3) is 5.63. The molecule has 0 aliphatic rings. The molecule has 2 N–H and O–H groups in total. The summed E-state index contributed by atoms with van der Waals surface area (Å²) in [5.74, 6) is 2.57. The fraction of sp³-hybridized carbons (Fsp3) is 0.412. The van der Waals surface area contributed by atoms with E-state index in [0.717, 1.165) is 35.9 Å². The average Bonchev–Trinajstić information content (AvgIpc) is 3.04. The zero-order valence-corrected chi connectivity index (χ0v) is 14.7. The molecule has 1 aromatic heterocycles. The van der Waals surface area contributed by atoms with Crippen molar-refractivity contribution < 1.29 is 4.42 Å². The second-order valence-corrected chi connectivity index (χ2v) is 6.19. The molecule has 0 atom stereocenters. The van der Waals surface area contributed by atoms with Crippen LogP contribution in [-0.4, -0.2) is 36.5 Å². The van der Waals surface area contributed by atoms with Gasteiger partial charge in [-0.1, -0.05) is 17.7 Å². The van der Waals surface area contributed by atoms with Crippen molar-refractivity contribution in [3.05, 3.63) is 41.8 Å². The Hall–Kier alpha value is -1.95. The first-order chi connectivity index (χ1) is 11.2. The summed E-state index contributed by atoms with van der Waals surface area (Å²) in [4.78, 5) is 8.72. The molecule has 0 amide bonds. The van der Waals surface area contributed by atoms with Crippen LogP contribution in [0.25, 0.3) is 11.5 Å². The predicted molar refractivity (Wildman–Crippen MR) is 97.9 cm³/mol. The van der Waals surface area contributed by atoms with Crippen LogP contribution in [0.1, 0.15) is 17.7 Å².